The van der Waals surface area contributed by atoms with Gasteiger partial charge in [-0.25, -0.2) is 4.79 Å². The van der Waals surface area contributed by atoms with Gasteiger partial charge < -0.3 is 10.1 Å². The van der Waals surface area contributed by atoms with Crippen LogP contribution >= 0.6 is 11.6 Å². The Labute approximate surface area is 117 Å². The number of carbonyl (C=O) groups is 1. The van der Waals surface area contributed by atoms with Gasteiger partial charge in [0, 0.05) is 6.42 Å². The van der Waals surface area contributed by atoms with Crippen molar-refractivity contribution in [3.63, 3.8) is 0 Å². The summed E-state index contributed by atoms with van der Waals surface area (Å²) < 4.78 is 5.68. The van der Waals surface area contributed by atoms with E-state index in [9.17, 15) is 4.79 Å². The molecule has 2 aliphatic rings. The van der Waals surface area contributed by atoms with Crippen LogP contribution in [0.2, 0.25) is 5.02 Å². The minimum Gasteiger partial charge on any atom is -0.441 e. The first kappa shape index (κ1) is 12.8. The number of hydrogen-bond donors (Lipinski definition) is 1. The van der Waals surface area contributed by atoms with Crippen molar-refractivity contribution in [2.24, 2.45) is 0 Å². The normalized spacial score (nSPS) is 27.4. The Morgan fingerprint density at radius 1 is 1.26 bits per heavy atom. The third kappa shape index (κ3) is 2.42. The van der Waals surface area contributed by atoms with Gasteiger partial charge in [0.1, 0.15) is 5.60 Å². The van der Waals surface area contributed by atoms with Crippen LogP contribution in [0.1, 0.15) is 19.3 Å². The summed E-state index contributed by atoms with van der Waals surface area (Å²) in [5.41, 5.74) is 0.392. The number of nitrogens with zero attached hydrogens (tertiary/aromatic N) is 1. The second kappa shape index (κ2) is 5.02. The second-order valence-electron chi connectivity index (χ2n) is 5.19. The molecule has 0 aromatic heterocycles. The molecule has 2 heterocycles. The fourth-order valence-electron chi connectivity index (χ4n) is 2.84. The highest BCUT2D eigenvalue weighted by atomic mass is 35.5. The molecule has 2 fully saturated rings. The van der Waals surface area contributed by atoms with Crippen molar-refractivity contribution in [2.45, 2.75) is 24.9 Å². The van der Waals surface area contributed by atoms with Gasteiger partial charge in [-0.3, -0.25) is 4.90 Å². The van der Waals surface area contributed by atoms with Gasteiger partial charge in [-0.1, -0.05) is 23.7 Å². The molecule has 1 unspecified atom stereocenters. The molecule has 3 rings (SSSR count). The van der Waals surface area contributed by atoms with Gasteiger partial charge in [0.15, 0.2) is 0 Å². The van der Waals surface area contributed by atoms with Crippen LogP contribution in [0.3, 0.4) is 0 Å². The Balaban J connectivity index is 1.85. The van der Waals surface area contributed by atoms with Crippen LogP contribution in [0.5, 0.6) is 0 Å². The van der Waals surface area contributed by atoms with Gasteiger partial charge >= 0.3 is 6.09 Å². The molecule has 1 atom stereocenters. The highest BCUT2D eigenvalue weighted by Crippen LogP contribution is 2.37. The van der Waals surface area contributed by atoms with E-state index in [0.717, 1.165) is 38.0 Å². The first-order valence-electron chi connectivity index (χ1n) is 6.66. The Kier molecular flexibility index (Phi) is 3.37. The quantitative estimate of drug-likeness (QED) is 0.860. The fraction of sp³-hybridized carbons (Fsp3) is 0.500. The standard InChI is InChI=1S/C14H17ClN2O2/c15-11-4-1-2-5-12(11)17-10-14(19-13(17)18)6-3-8-16-9-7-14/h1-2,4-5,16H,3,6-10H2. The Morgan fingerprint density at radius 3 is 2.95 bits per heavy atom. The fourth-order valence-corrected chi connectivity index (χ4v) is 3.08. The lowest BCUT2D eigenvalue weighted by atomic mass is 9.95. The largest absolute Gasteiger partial charge is 0.441 e. The number of anilines is 1. The topological polar surface area (TPSA) is 41.6 Å². The summed E-state index contributed by atoms with van der Waals surface area (Å²) in [5, 5.41) is 3.93. The molecule has 1 spiro atoms. The zero-order valence-electron chi connectivity index (χ0n) is 10.7. The van der Waals surface area contributed by atoms with Crippen LogP contribution in [-0.4, -0.2) is 31.3 Å². The van der Waals surface area contributed by atoms with Crippen LogP contribution in [0.15, 0.2) is 24.3 Å². The highest BCUT2D eigenvalue weighted by Gasteiger charge is 2.45. The monoisotopic (exact) mass is 280 g/mol. The van der Waals surface area contributed by atoms with Crippen molar-refractivity contribution in [2.75, 3.05) is 24.5 Å². The molecule has 4 nitrogen and oxygen atoms in total. The Hall–Kier alpha value is -1.26. The molecular weight excluding hydrogens is 264 g/mol. The summed E-state index contributed by atoms with van der Waals surface area (Å²) in [6.45, 7) is 2.48. The predicted octanol–water partition coefficient (Wildman–Crippen LogP) is 2.81. The lowest BCUT2D eigenvalue weighted by Gasteiger charge is -2.24. The number of hydrogen-bond acceptors (Lipinski definition) is 3. The molecule has 0 radical (unpaired) electrons. The van der Waals surface area contributed by atoms with Crippen LogP contribution in [0.25, 0.3) is 0 Å². The number of nitrogens with one attached hydrogen (secondary N) is 1. The van der Waals surface area contributed by atoms with E-state index in [1.807, 2.05) is 18.2 Å². The van der Waals surface area contributed by atoms with Crippen molar-refractivity contribution in [3.05, 3.63) is 29.3 Å². The van der Waals surface area contributed by atoms with E-state index in [2.05, 4.69) is 5.32 Å². The van der Waals surface area contributed by atoms with E-state index >= 15 is 0 Å². The molecule has 2 aliphatic heterocycles. The van der Waals surface area contributed by atoms with Gasteiger partial charge in [0.2, 0.25) is 0 Å². The second-order valence-corrected chi connectivity index (χ2v) is 5.60. The summed E-state index contributed by atoms with van der Waals surface area (Å²) in [6, 6.07) is 7.40. The highest BCUT2D eigenvalue weighted by molar-refractivity contribution is 6.33. The molecule has 2 saturated heterocycles. The number of rotatable bonds is 1. The predicted molar refractivity (Wildman–Crippen MR) is 74.7 cm³/mol. The average molecular weight is 281 g/mol. The number of amides is 1. The zero-order chi connectivity index (χ0) is 13.3. The number of carbonyl (C=O) groups excluding carboxylic acids is 1. The summed E-state index contributed by atoms with van der Waals surface area (Å²) in [7, 11) is 0. The van der Waals surface area contributed by atoms with E-state index < -0.39 is 0 Å². The molecule has 19 heavy (non-hydrogen) atoms. The van der Waals surface area contributed by atoms with Gasteiger partial charge in [-0.2, -0.15) is 0 Å². The van der Waals surface area contributed by atoms with Gasteiger partial charge in [-0.05, 0) is 38.1 Å². The molecule has 1 aromatic rings. The summed E-state index contributed by atoms with van der Waals surface area (Å²) in [4.78, 5) is 13.8. The molecule has 1 aromatic carbocycles. The SMILES string of the molecule is O=C1OC2(CCCNCC2)CN1c1ccccc1Cl. The van der Waals surface area contributed by atoms with Crippen molar-refractivity contribution in [3.8, 4) is 0 Å². The van der Waals surface area contributed by atoms with Crippen LogP contribution in [0.4, 0.5) is 10.5 Å². The first-order valence-corrected chi connectivity index (χ1v) is 7.04. The van der Waals surface area contributed by atoms with E-state index in [1.165, 1.54) is 0 Å². The smallest absolute Gasteiger partial charge is 0.415 e. The van der Waals surface area contributed by atoms with Gasteiger partial charge in [-0.15, -0.1) is 0 Å². The maximum absolute atomic E-state index is 12.1. The van der Waals surface area contributed by atoms with E-state index in [-0.39, 0.29) is 11.7 Å². The number of benzene rings is 1. The molecule has 102 valence electrons. The summed E-state index contributed by atoms with van der Waals surface area (Å²) in [6.07, 6.45) is 2.52. The molecule has 5 heteroatoms. The molecule has 0 saturated carbocycles. The van der Waals surface area contributed by atoms with Gasteiger partial charge in [0.25, 0.3) is 0 Å². The lowest BCUT2D eigenvalue weighted by molar-refractivity contribution is 0.0470. The maximum atomic E-state index is 12.1. The lowest BCUT2D eigenvalue weighted by Crippen LogP contribution is -2.35. The van der Waals surface area contributed by atoms with Crippen molar-refractivity contribution in [1.82, 2.24) is 5.32 Å². The maximum Gasteiger partial charge on any atom is 0.415 e. The molecule has 0 bridgehead atoms. The first-order chi connectivity index (χ1) is 9.20. The number of halogens is 1. The number of ether oxygens (including phenoxy) is 1. The van der Waals surface area contributed by atoms with Crippen LogP contribution in [0, 0.1) is 0 Å². The minimum atomic E-state index is -0.347. The average Bonchev–Trinajstić information content (AvgIpc) is 2.58. The minimum absolute atomic E-state index is 0.282. The van der Waals surface area contributed by atoms with Crippen molar-refractivity contribution < 1.29 is 9.53 Å². The Bertz CT molecular complexity index is 484. The van der Waals surface area contributed by atoms with E-state index in [4.69, 9.17) is 16.3 Å². The zero-order valence-corrected chi connectivity index (χ0v) is 11.4. The Morgan fingerprint density at radius 2 is 2.11 bits per heavy atom. The molecular formula is C14H17ClN2O2. The van der Waals surface area contributed by atoms with E-state index in [0.29, 0.717) is 11.6 Å². The molecule has 1 amide bonds. The summed E-state index contributed by atoms with van der Waals surface area (Å²) >= 11 is 6.17. The van der Waals surface area contributed by atoms with E-state index in [1.54, 1.807) is 11.0 Å². The van der Waals surface area contributed by atoms with Crippen LogP contribution in [-0.2, 0) is 4.74 Å². The molecule has 1 N–H and O–H groups in total. The third-order valence-electron chi connectivity index (χ3n) is 3.86. The van der Waals surface area contributed by atoms with Crippen molar-refractivity contribution in [1.29, 1.82) is 0 Å². The third-order valence-corrected chi connectivity index (χ3v) is 4.18. The van der Waals surface area contributed by atoms with Gasteiger partial charge in [0.05, 0.1) is 17.3 Å². The number of para-hydroxylation sites is 1. The van der Waals surface area contributed by atoms with Crippen molar-refractivity contribution >= 4 is 23.4 Å². The van der Waals surface area contributed by atoms with Crippen LogP contribution < -0.4 is 10.2 Å². The summed E-state index contributed by atoms with van der Waals surface area (Å²) in [5.74, 6) is 0. The molecule has 0 aliphatic carbocycles.